The predicted octanol–water partition coefficient (Wildman–Crippen LogP) is 2.34. The van der Waals surface area contributed by atoms with Crippen LogP contribution in [0, 0.1) is 5.92 Å². The Kier molecular flexibility index (Phi) is 5.73. The molecule has 0 spiro atoms. The highest BCUT2D eigenvalue weighted by Crippen LogP contribution is 2.39. The number of H-pyrrole nitrogens is 1. The van der Waals surface area contributed by atoms with E-state index in [1.807, 2.05) is 50.2 Å². The van der Waals surface area contributed by atoms with Crippen molar-refractivity contribution in [2.45, 2.75) is 45.3 Å². The number of anilines is 1. The van der Waals surface area contributed by atoms with Crippen molar-refractivity contribution < 1.29 is 9.59 Å². The van der Waals surface area contributed by atoms with Crippen molar-refractivity contribution in [3.8, 4) is 0 Å². The van der Waals surface area contributed by atoms with Crippen LogP contribution in [0.15, 0.2) is 42.6 Å². The Morgan fingerprint density at radius 2 is 1.94 bits per heavy atom. The molecule has 1 aliphatic heterocycles. The Labute approximate surface area is 181 Å². The van der Waals surface area contributed by atoms with Crippen molar-refractivity contribution in [3.05, 3.63) is 54.0 Å². The van der Waals surface area contributed by atoms with Crippen LogP contribution < -0.4 is 15.5 Å². The molecule has 1 aromatic carbocycles. The molecule has 0 saturated heterocycles. The van der Waals surface area contributed by atoms with Gasteiger partial charge in [-0.3, -0.25) is 14.5 Å². The van der Waals surface area contributed by atoms with E-state index in [-0.39, 0.29) is 23.8 Å². The third kappa shape index (κ3) is 3.90. The molecule has 0 fully saturated rings. The van der Waals surface area contributed by atoms with E-state index in [0.29, 0.717) is 18.1 Å². The number of para-hydroxylation sites is 2. The Morgan fingerprint density at radius 1 is 1.16 bits per heavy atom. The van der Waals surface area contributed by atoms with Gasteiger partial charge in [-0.05, 0) is 43.7 Å². The van der Waals surface area contributed by atoms with Gasteiger partial charge in [0.2, 0.25) is 5.91 Å². The van der Waals surface area contributed by atoms with E-state index >= 15 is 0 Å². The molecule has 0 aliphatic carbocycles. The number of nitrogens with zero attached hydrogens (tertiary/aromatic N) is 3. The summed E-state index contributed by atoms with van der Waals surface area (Å²) < 4.78 is 0. The number of aromatic amines is 1. The molecule has 8 heteroatoms. The minimum Gasteiger partial charge on any atom is -0.343 e. The fourth-order valence-corrected chi connectivity index (χ4v) is 3.93. The number of hydrogen-bond donors (Lipinski definition) is 3. The van der Waals surface area contributed by atoms with E-state index in [0.717, 1.165) is 16.6 Å². The second-order valence-electron chi connectivity index (χ2n) is 8.29. The SMILES string of the molecule is CN[C@@H](C)C(=O)NC(C(=O)N1c2ncccc2C[C@@H]1c1nc2ccccc2[nH]1)C(C)C. The molecule has 3 heterocycles. The normalized spacial score (nSPS) is 17.6. The number of aromatic nitrogens is 3. The molecule has 4 rings (SSSR count). The van der Waals surface area contributed by atoms with E-state index in [4.69, 9.17) is 4.98 Å². The highest BCUT2D eigenvalue weighted by atomic mass is 16.2. The van der Waals surface area contributed by atoms with Crippen LogP contribution in [0.25, 0.3) is 11.0 Å². The van der Waals surface area contributed by atoms with Crippen LogP contribution in [0.1, 0.15) is 38.2 Å². The van der Waals surface area contributed by atoms with Gasteiger partial charge in [-0.25, -0.2) is 9.97 Å². The van der Waals surface area contributed by atoms with Gasteiger partial charge in [-0.1, -0.05) is 32.0 Å². The maximum Gasteiger partial charge on any atom is 0.251 e. The summed E-state index contributed by atoms with van der Waals surface area (Å²) in [5.74, 6) is 0.846. The van der Waals surface area contributed by atoms with E-state index < -0.39 is 12.1 Å². The average molecular weight is 421 g/mol. The van der Waals surface area contributed by atoms with Gasteiger partial charge in [-0.15, -0.1) is 0 Å². The first-order valence-corrected chi connectivity index (χ1v) is 10.6. The van der Waals surface area contributed by atoms with Crippen molar-refractivity contribution in [2.24, 2.45) is 5.92 Å². The lowest BCUT2D eigenvalue weighted by atomic mass is 10.0. The number of pyridine rings is 1. The number of benzene rings is 1. The van der Waals surface area contributed by atoms with Crippen molar-refractivity contribution in [3.63, 3.8) is 0 Å². The zero-order chi connectivity index (χ0) is 22.1. The largest absolute Gasteiger partial charge is 0.343 e. The minimum atomic E-state index is -0.678. The predicted molar refractivity (Wildman–Crippen MR) is 120 cm³/mol. The topological polar surface area (TPSA) is 103 Å². The number of likely N-dealkylation sites (N-methyl/N-ethyl adjacent to an activating group) is 1. The summed E-state index contributed by atoms with van der Waals surface area (Å²) in [7, 11) is 1.72. The average Bonchev–Trinajstić information content (AvgIpc) is 3.37. The molecule has 162 valence electrons. The summed E-state index contributed by atoms with van der Waals surface area (Å²) in [5.41, 5.74) is 2.76. The van der Waals surface area contributed by atoms with Gasteiger partial charge in [0.15, 0.2) is 0 Å². The quantitative estimate of drug-likeness (QED) is 0.568. The van der Waals surface area contributed by atoms with Crippen molar-refractivity contribution in [1.82, 2.24) is 25.6 Å². The van der Waals surface area contributed by atoms with Crippen LogP contribution in [0.3, 0.4) is 0 Å². The van der Waals surface area contributed by atoms with Crippen LogP contribution in [0.4, 0.5) is 5.82 Å². The molecular formula is C23H28N6O2. The van der Waals surface area contributed by atoms with Gasteiger partial charge in [0.05, 0.1) is 17.1 Å². The number of hydrogen-bond acceptors (Lipinski definition) is 5. The number of imidazole rings is 1. The molecule has 0 bridgehead atoms. The molecule has 3 N–H and O–H groups in total. The van der Waals surface area contributed by atoms with Gasteiger partial charge >= 0.3 is 0 Å². The molecule has 0 radical (unpaired) electrons. The lowest BCUT2D eigenvalue weighted by Crippen LogP contribution is -2.55. The number of rotatable bonds is 6. The van der Waals surface area contributed by atoms with E-state index in [1.165, 1.54) is 0 Å². The molecule has 2 amide bonds. The first-order valence-electron chi connectivity index (χ1n) is 10.6. The Bertz CT molecular complexity index is 1080. The molecule has 1 aliphatic rings. The first-order chi connectivity index (χ1) is 14.9. The highest BCUT2D eigenvalue weighted by molar-refractivity contribution is 6.01. The van der Waals surface area contributed by atoms with Crippen LogP contribution >= 0.6 is 0 Å². The van der Waals surface area contributed by atoms with Crippen molar-refractivity contribution in [1.29, 1.82) is 0 Å². The smallest absolute Gasteiger partial charge is 0.251 e. The fraction of sp³-hybridized carbons (Fsp3) is 0.391. The summed E-state index contributed by atoms with van der Waals surface area (Å²) in [5, 5.41) is 5.84. The number of amides is 2. The first kappa shape index (κ1) is 21.0. The van der Waals surface area contributed by atoms with E-state index in [9.17, 15) is 9.59 Å². The van der Waals surface area contributed by atoms with Crippen LogP contribution in [0.5, 0.6) is 0 Å². The van der Waals surface area contributed by atoms with Crippen LogP contribution in [-0.4, -0.2) is 45.9 Å². The van der Waals surface area contributed by atoms with Crippen LogP contribution in [-0.2, 0) is 16.0 Å². The standard InChI is InChI=1S/C23H28N6O2/c1-13(2)19(28-22(30)14(3)24-4)23(31)29-18(12-15-8-7-11-25-21(15)29)20-26-16-9-5-6-10-17(16)27-20/h5-11,13-14,18-19,24H,12H2,1-4H3,(H,26,27)(H,28,30)/t14-,18+,19?/m0/s1. The second kappa shape index (κ2) is 8.47. The van der Waals surface area contributed by atoms with Gasteiger partial charge in [0.1, 0.15) is 23.7 Å². The molecule has 3 atom stereocenters. The molecule has 3 aromatic rings. The summed E-state index contributed by atoms with van der Waals surface area (Å²) in [4.78, 5) is 40.7. The summed E-state index contributed by atoms with van der Waals surface area (Å²) in [6, 6.07) is 10.3. The Hall–Kier alpha value is -3.26. The highest BCUT2D eigenvalue weighted by Gasteiger charge is 2.41. The second-order valence-corrected chi connectivity index (χ2v) is 8.29. The van der Waals surface area contributed by atoms with E-state index in [1.54, 1.807) is 25.1 Å². The monoisotopic (exact) mass is 420 g/mol. The van der Waals surface area contributed by atoms with Gasteiger partial charge in [0, 0.05) is 12.6 Å². The third-order valence-corrected chi connectivity index (χ3v) is 5.84. The number of fused-ring (bicyclic) bond motifs is 2. The number of nitrogens with one attached hydrogen (secondary N) is 3. The van der Waals surface area contributed by atoms with Gasteiger partial charge < -0.3 is 15.6 Å². The van der Waals surface area contributed by atoms with E-state index in [2.05, 4.69) is 20.6 Å². The van der Waals surface area contributed by atoms with Gasteiger partial charge in [0.25, 0.3) is 5.91 Å². The number of carbonyl (C=O) groups is 2. The molecule has 0 saturated carbocycles. The molecule has 1 unspecified atom stereocenters. The molecular weight excluding hydrogens is 392 g/mol. The Morgan fingerprint density at radius 3 is 2.65 bits per heavy atom. The number of carbonyl (C=O) groups excluding carboxylic acids is 2. The zero-order valence-corrected chi connectivity index (χ0v) is 18.2. The van der Waals surface area contributed by atoms with Gasteiger partial charge in [-0.2, -0.15) is 0 Å². The van der Waals surface area contributed by atoms with Crippen molar-refractivity contribution in [2.75, 3.05) is 11.9 Å². The maximum absolute atomic E-state index is 13.8. The lowest BCUT2D eigenvalue weighted by Gasteiger charge is -2.30. The Balaban J connectivity index is 1.72. The lowest BCUT2D eigenvalue weighted by molar-refractivity contribution is -0.129. The van der Waals surface area contributed by atoms with Crippen molar-refractivity contribution >= 4 is 28.7 Å². The summed E-state index contributed by atoms with van der Waals surface area (Å²) in [6.45, 7) is 5.62. The zero-order valence-electron chi connectivity index (χ0n) is 18.2. The third-order valence-electron chi connectivity index (χ3n) is 5.84. The summed E-state index contributed by atoms with van der Waals surface area (Å²) >= 11 is 0. The maximum atomic E-state index is 13.8. The molecule has 31 heavy (non-hydrogen) atoms. The molecule has 2 aromatic heterocycles. The fourth-order valence-electron chi connectivity index (χ4n) is 3.93. The summed E-state index contributed by atoms with van der Waals surface area (Å²) in [6.07, 6.45) is 2.30. The molecule has 8 nitrogen and oxygen atoms in total. The minimum absolute atomic E-state index is 0.0930. The van der Waals surface area contributed by atoms with Crippen LogP contribution in [0.2, 0.25) is 0 Å².